The van der Waals surface area contributed by atoms with E-state index in [0.717, 1.165) is 25.7 Å². The molecule has 0 saturated carbocycles. The summed E-state index contributed by atoms with van der Waals surface area (Å²) in [4.78, 5) is 25.6. The van der Waals surface area contributed by atoms with Crippen molar-refractivity contribution in [3.05, 3.63) is 39.9 Å². The minimum Gasteiger partial charge on any atom is -0.332 e. The van der Waals surface area contributed by atoms with Crippen LogP contribution in [0.3, 0.4) is 0 Å². The van der Waals surface area contributed by atoms with Crippen molar-refractivity contribution < 1.29 is 9.72 Å². The van der Waals surface area contributed by atoms with E-state index in [4.69, 9.17) is 0 Å². The van der Waals surface area contributed by atoms with Gasteiger partial charge in [-0.2, -0.15) is 0 Å². The zero-order chi connectivity index (χ0) is 14.3. The standard InChI is InChI=1S/C14H15BrN2O3/c15-9-7-10-5-6-11(8-9)16(10)14(18)12-3-1-2-4-13(12)17(19)20/h1-4,9-11H,5-8H2. The molecule has 2 heterocycles. The second kappa shape index (κ2) is 5.16. The average molecular weight is 339 g/mol. The Balaban J connectivity index is 1.92. The molecule has 0 radical (unpaired) electrons. The SMILES string of the molecule is O=C(c1ccccc1[N+](=O)[O-])N1C2CCC1CC(Br)C2. The van der Waals surface area contributed by atoms with E-state index in [9.17, 15) is 14.9 Å². The first-order valence-electron chi connectivity index (χ1n) is 6.78. The van der Waals surface area contributed by atoms with Crippen LogP contribution in [0.2, 0.25) is 0 Å². The van der Waals surface area contributed by atoms with Crippen molar-refractivity contribution in [1.82, 2.24) is 4.90 Å². The zero-order valence-electron chi connectivity index (χ0n) is 10.9. The number of nitro benzene ring substituents is 1. The van der Waals surface area contributed by atoms with Gasteiger partial charge in [-0.15, -0.1) is 0 Å². The molecule has 6 heteroatoms. The van der Waals surface area contributed by atoms with Gasteiger partial charge < -0.3 is 4.90 Å². The molecule has 2 aliphatic rings. The molecule has 0 spiro atoms. The molecule has 0 aliphatic carbocycles. The highest BCUT2D eigenvalue weighted by atomic mass is 79.9. The van der Waals surface area contributed by atoms with E-state index in [1.54, 1.807) is 18.2 Å². The molecule has 1 amide bonds. The summed E-state index contributed by atoms with van der Waals surface area (Å²) in [5.41, 5.74) is 0.111. The van der Waals surface area contributed by atoms with Gasteiger partial charge in [0.2, 0.25) is 0 Å². The van der Waals surface area contributed by atoms with Crippen molar-refractivity contribution in [2.75, 3.05) is 0 Å². The lowest BCUT2D eigenvalue weighted by molar-refractivity contribution is -0.385. The highest BCUT2D eigenvalue weighted by Gasteiger charge is 2.43. The van der Waals surface area contributed by atoms with Crippen molar-refractivity contribution >= 4 is 27.5 Å². The molecule has 2 fully saturated rings. The van der Waals surface area contributed by atoms with Gasteiger partial charge in [0.05, 0.1) is 4.92 Å². The topological polar surface area (TPSA) is 63.4 Å². The lowest BCUT2D eigenvalue weighted by Crippen LogP contribution is -2.47. The fraction of sp³-hybridized carbons (Fsp3) is 0.500. The first-order chi connectivity index (χ1) is 9.58. The molecule has 2 unspecified atom stereocenters. The van der Waals surface area contributed by atoms with E-state index in [1.165, 1.54) is 6.07 Å². The number of rotatable bonds is 2. The van der Waals surface area contributed by atoms with E-state index >= 15 is 0 Å². The van der Waals surface area contributed by atoms with Crippen LogP contribution in [-0.4, -0.2) is 32.6 Å². The second-order valence-electron chi connectivity index (χ2n) is 5.44. The fourth-order valence-corrected chi connectivity index (χ4v) is 4.26. The number of hydrogen-bond donors (Lipinski definition) is 0. The summed E-state index contributed by atoms with van der Waals surface area (Å²) in [7, 11) is 0. The van der Waals surface area contributed by atoms with E-state index in [-0.39, 0.29) is 29.2 Å². The Labute approximate surface area is 125 Å². The number of carbonyl (C=O) groups is 1. The molecule has 1 aromatic carbocycles. The van der Waals surface area contributed by atoms with Crippen molar-refractivity contribution in [2.45, 2.75) is 42.6 Å². The van der Waals surface area contributed by atoms with Gasteiger partial charge in [-0.05, 0) is 31.7 Å². The summed E-state index contributed by atoms with van der Waals surface area (Å²) in [6.45, 7) is 0. The number of hydrogen-bond acceptors (Lipinski definition) is 3. The molecule has 2 atom stereocenters. The fourth-order valence-electron chi connectivity index (χ4n) is 3.40. The predicted octanol–water partition coefficient (Wildman–Crippen LogP) is 3.13. The Morgan fingerprint density at radius 2 is 1.85 bits per heavy atom. The average Bonchev–Trinajstić information content (AvgIpc) is 2.70. The van der Waals surface area contributed by atoms with Gasteiger partial charge in [0.15, 0.2) is 0 Å². The number of halogens is 1. The van der Waals surface area contributed by atoms with E-state index in [0.29, 0.717) is 4.83 Å². The van der Waals surface area contributed by atoms with Crippen LogP contribution in [0.4, 0.5) is 5.69 Å². The van der Waals surface area contributed by atoms with Crippen LogP contribution in [0, 0.1) is 10.1 Å². The van der Waals surface area contributed by atoms with Gasteiger partial charge in [0.25, 0.3) is 11.6 Å². The van der Waals surface area contributed by atoms with Gasteiger partial charge >= 0.3 is 0 Å². The van der Waals surface area contributed by atoms with Gasteiger partial charge in [0, 0.05) is 23.0 Å². The lowest BCUT2D eigenvalue weighted by Gasteiger charge is -2.37. The third-order valence-electron chi connectivity index (χ3n) is 4.24. The van der Waals surface area contributed by atoms with Crippen molar-refractivity contribution in [3.8, 4) is 0 Å². The number of amides is 1. The Kier molecular flexibility index (Phi) is 3.50. The maximum Gasteiger partial charge on any atom is 0.282 e. The summed E-state index contributed by atoms with van der Waals surface area (Å²) in [6, 6.07) is 6.65. The molecule has 106 valence electrons. The quantitative estimate of drug-likeness (QED) is 0.472. The first-order valence-corrected chi connectivity index (χ1v) is 7.69. The summed E-state index contributed by atoms with van der Waals surface area (Å²) in [5, 5.41) is 11.1. The Hall–Kier alpha value is -1.43. The van der Waals surface area contributed by atoms with Gasteiger partial charge in [0.1, 0.15) is 5.56 Å². The van der Waals surface area contributed by atoms with Crippen LogP contribution in [0.5, 0.6) is 0 Å². The minimum absolute atomic E-state index is 0.0992. The molecule has 2 bridgehead atoms. The summed E-state index contributed by atoms with van der Waals surface area (Å²) < 4.78 is 0. The third-order valence-corrected chi connectivity index (χ3v) is 4.99. The number of nitrogens with zero attached hydrogens (tertiary/aromatic N) is 2. The van der Waals surface area contributed by atoms with Gasteiger partial charge in [-0.1, -0.05) is 28.1 Å². The number of piperidine rings is 1. The molecule has 2 saturated heterocycles. The number of para-hydroxylation sites is 1. The molecule has 1 aromatic rings. The third kappa shape index (κ3) is 2.22. The summed E-state index contributed by atoms with van der Waals surface area (Å²) >= 11 is 3.63. The van der Waals surface area contributed by atoms with Crippen LogP contribution >= 0.6 is 15.9 Å². The Bertz CT molecular complexity index is 549. The van der Waals surface area contributed by atoms with Gasteiger partial charge in [-0.3, -0.25) is 14.9 Å². The maximum absolute atomic E-state index is 12.7. The monoisotopic (exact) mass is 338 g/mol. The second-order valence-corrected chi connectivity index (χ2v) is 6.74. The van der Waals surface area contributed by atoms with Crippen molar-refractivity contribution in [2.24, 2.45) is 0 Å². The largest absolute Gasteiger partial charge is 0.332 e. The molecular weight excluding hydrogens is 324 g/mol. The number of nitro groups is 1. The van der Waals surface area contributed by atoms with Crippen molar-refractivity contribution in [1.29, 1.82) is 0 Å². The van der Waals surface area contributed by atoms with Crippen LogP contribution in [-0.2, 0) is 0 Å². The molecule has 0 N–H and O–H groups in total. The van der Waals surface area contributed by atoms with Crippen LogP contribution < -0.4 is 0 Å². The minimum atomic E-state index is -0.480. The molecular formula is C14H15BrN2O3. The Morgan fingerprint density at radius 3 is 2.45 bits per heavy atom. The number of benzene rings is 1. The predicted molar refractivity (Wildman–Crippen MR) is 78.0 cm³/mol. The maximum atomic E-state index is 12.7. The smallest absolute Gasteiger partial charge is 0.282 e. The van der Waals surface area contributed by atoms with Crippen LogP contribution in [0.1, 0.15) is 36.0 Å². The van der Waals surface area contributed by atoms with Gasteiger partial charge in [-0.25, -0.2) is 0 Å². The van der Waals surface area contributed by atoms with Crippen LogP contribution in [0.15, 0.2) is 24.3 Å². The Morgan fingerprint density at radius 1 is 1.25 bits per heavy atom. The lowest BCUT2D eigenvalue weighted by atomic mass is 10.0. The van der Waals surface area contributed by atoms with E-state index in [1.807, 2.05) is 4.90 Å². The molecule has 5 nitrogen and oxygen atoms in total. The molecule has 2 aliphatic heterocycles. The number of fused-ring (bicyclic) bond motifs is 2. The van der Waals surface area contributed by atoms with Crippen molar-refractivity contribution in [3.63, 3.8) is 0 Å². The first kappa shape index (κ1) is 13.5. The molecule has 0 aromatic heterocycles. The molecule has 20 heavy (non-hydrogen) atoms. The van der Waals surface area contributed by atoms with Crippen LogP contribution in [0.25, 0.3) is 0 Å². The number of alkyl halides is 1. The van der Waals surface area contributed by atoms with E-state index in [2.05, 4.69) is 15.9 Å². The zero-order valence-corrected chi connectivity index (χ0v) is 12.5. The van der Waals surface area contributed by atoms with E-state index < -0.39 is 4.92 Å². The number of carbonyl (C=O) groups excluding carboxylic acids is 1. The normalized spacial score (nSPS) is 28.4. The highest BCUT2D eigenvalue weighted by Crippen LogP contribution is 2.39. The molecule has 3 rings (SSSR count). The summed E-state index contributed by atoms with van der Waals surface area (Å²) in [6.07, 6.45) is 3.87. The highest BCUT2D eigenvalue weighted by molar-refractivity contribution is 9.09. The summed E-state index contributed by atoms with van der Waals surface area (Å²) in [5.74, 6) is -0.191.